The number of ether oxygens (including phenoxy) is 1. The number of urea groups is 1. The third-order valence-corrected chi connectivity index (χ3v) is 4.25. The second-order valence-electron chi connectivity index (χ2n) is 5.19. The van der Waals surface area contributed by atoms with Gasteiger partial charge in [0, 0.05) is 6.04 Å². The lowest BCUT2D eigenvalue weighted by Crippen LogP contribution is -2.43. The first-order valence-electron chi connectivity index (χ1n) is 7.69. The van der Waals surface area contributed by atoms with E-state index in [-0.39, 0.29) is 11.8 Å². The zero-order chi connectivity index (χ0) is 18.2. The summed E-state index contributed by atoms with van der Waals surface area (Å²) in [7, 11) is 1.59. The smallest absolute Gasteiger partial charge is 0.321 e. The van der Waals surface area contributed by atoms with E-state index >= 15 is 0 Å². The molecule has 1 atom stereocenters. The van der Waals surface area contributed by atoms with Gasteiger partial charge in [0.05, 0.1) is 18.6 Å². The third kappa shape index (κ3) is 5.45. The van der Waals surface area contributed by atoms with Crippen molar-refractivity contribution in [3.63, 3.8) is 0 Å². The van der Waals surface area contributed by atoms with E-state index in [1.807, 2.05) is 13.8 Å². The molecule has 2 N–H and O–H groups in total. The molecular weight excluding hydrogens is 344 g/mol. The number of aromatic nitrogens is 4. The van der Waals surface area contributed by atoms with E-state index in [4.69, 9.17) is 4.74 Å². The number of hydrogen-bond acceptors (Lipinski definition) is 7. The molecule has 3 amide bonds. The normalized spacial score (nSPS) is 11.6. The van der Waals surface area contributed by atoms with Crippen LogP contribution in [0.15, 0.2) is 29.4 Å². The van der Waals surface area contributed by atoms with Crippen molar-refractivity contribution in [3.05, 3.63) is 24.3 Å². The Morgan fingerprint density at radius 2 is 2.04 bits per heavy atom. The van der Waals surface area contributed by atoms with Gasteiger partial charge in [0.25, 0.3) is 0 Å². The summed E-state index contributed by atoms with van der Waals surface area (Å²) in [4.78, 5) is 23.5. The van der Waals surface area contributed by atoms with Crippen molar-refractivity contribution in [2.75, 3.05) is 12.9 Å². The highest BCUT2D eigenvalue weighted by atomic mass is 32.2. The quantitative estimate of drug-likeness (QED) is 0.714. The molecule has 0 saturated carbocycles. The molecule has 1 aromatic heterocycles. The van der Waals surface area contributed by atoms with E-state index in [0.717, 1.165) is 29.6 Å². The van der Waals surface area contributed by atoms with Crippen LogP contribution in [0.5, 0.6) is 5.75 Å². The van der Waals surface area contributed by atoms with Crippen LogP contribution in [0.4, 0.5) is 4.79 Å². The Bertz CT molecular complexity index is 718. The molecule has 0 unspecified atom stereocenters. The van der Waals surface area contributed by atoms with Crippen LogP contribution in [0.25, 0.3) is 5.69 Å². The van der Waals surface area contributed by atoms with Crippen LogP contribution in [0, 0.1) is 0 Å². The molecular formula is C15H20N6O3S. The number of benzene rings is 1. The van der Waals surface area contributed by atoms with Crippen molar-refractivity contribution in [1.29, 1.82) is 0 Å². The standard InChI is InChI=1S/C15H20N6O3S/c1-4-10(2)16-14(23)17-13(22)9-25-15-18-19-20-21(15)11-5-7-12(24-3)8-6-11/h5-8,10H,4,9H2,1-3H3,(H2,16,17,22,23)/t10-/m0/s1. The average molecular weight is 364 g/mol. The first-order valence-corrected chi connectivity index (χ1v) is 8.68. The number of carbonyl (C=O) groups excluding carboxylic acids is 2. The molecule has 0 aliphatic carbocycles. The minimum atomic E-state index is -0.505. The number of tetrazole rings is 1. The fourth-order valence-electron chi connectivity index (χ4n) is 1.81. The van der Waals surface area contributed by atoms with Crippen molar-refractivity contribution in [2.24, 2.45) is 0 Å². The molecule has 0 radical (unpaired) electrons. The van der Waals surface area contributed by atoms with Crippen LogP contribution in [0.3, 0.4) is 0 Å². The molecule has 0 aliphatic rings. The molecule has 2 aromatic rings. The molecule has 2 rings (SSSR count). The van der Waals surface area contributed by atoms with Crippen molar-refractivity contribution < 1.29 is 14.3 Å². The molecule has 1 heterocycles. The maximum Gasteiger partial charge on any atom is 0.321 e. The molecule has 0 saturated heterocycles. The Labute approximate surface area is 149 Å². The van der Waals surface area contributed by atoms with Gasteiger partial charge in [0.1, 0.15) is 5.75 Å². The third-order valence-electron chi connectivity index (χ3n) is 3.33. The summed E-state index contributed by atoms with van der Waals surface area (Å²) in [6.07, 6.45) is 0.785. The average Bonchev–Trinajstić information content (AvgIpc) is 3.08. The number of hydrogen-bond donors (Lipinski definition) is 2. The minimum Gasteiger partial charge on any atom is -0.497 e. The number of imide groups is 1. The van der Waals surface area contributed by atoms with Crippen molar-refractivity contribution in [1.82, 2.24) is 30.8 Å². The lowest BCUT2D eigenvalue weighted by Gasteiger charge is -2.11. The molecule has 0 fully saturated rings. The monoisotopic (exact) mass is 364 g/mol. The largest absolute Gasteiger partial charge is 0.497 e. The maximum absolute atomic E-state index is 11.9. The Morgan fingerprint density at radius 1 is 1.32 bits per heavy atom. The van der Waals surface area contributed by atoms with E-state index in [1.54, 1.807) is 31.4 Å². The number of carbonyl (C=O) groups is 2. The highest BCUT2D eigenvalue weighted by Crippen LogP contribution is 2.20. The lowest BCUT2D eigenvalue weighted by atomic mass is 10.3. The second kappa shape index (κ2) is 9.02. The van der Waals surface area contributed by atoms with Gasteiger partial charge in [-0.3, -0.25) is 10.1 Å². The molecule has 0 bridgehead atoms. The predicted octanol–water partition coefficient (Wildman–Crippen LogP) is 1.39. The van der Waals surface area contributed by atoms with E-state index in [9.17, 15) is 9.59 Å². The highest BCUT2D eigenvalue weighted by molar-refractivity contribution is 7.99. The summed E-state index contributed by atoms with van der Waals surface area (Å²) in [6.45, 7) is 3.81. The van der Waals surface area contributed by atoms with Gasteiger partial charge in [0.15, 0.2) is 0 Å². The number of nitrogens with one attached hydrogen (secondary N) is 2. The van der Waals surface area contributed by atoms with Crippen molar-refractivity contribution in [3.8, 4) is 11.4 Å². The minimum absolute atomic E-state index is 0.00261. The molecule has 134 valence electrons. The summed E-state index contributed by atoms with van der Waals surface area (Å²) in [6, 6.07) is 6.68. The van der Waals surface area contributed by atoms with Gasteiger partial charge in [0.2, 0.25) is 11.1 Å². The summed E-state index contributed by atoms with van der Waals surface area (Å²) in [5.41, 5.74) is 0.739. The van der Waals surface area contributed by atoms with Crippen LogP contribution in [-0.4, -0.2) is 51.1 Å². The molecule has 1 aromatic carbocycles. The fourth-order valence-corrected chi connectivity index (χ4v) is 2.50. The molecule has 0 spiro atoms. The van der Waals surface area contributed by atoms with Gasteiger partial charge in [-0.1, -0.05) is 18.7 Å². The zero-order valence-electron chi connectivity index (χ0n) is 14.2. The molecule has 0 aliphatic heterocycles. The Hall–Kier alpha value is -2.62. The number of methoxy groups -OCH3 is 1. The summed E-state index contributed by atoms with van der Waals surface area (Å²) in [5.74, 6) is 0.317. The van der Waals surface area contributed by atoms with Crippen LogP contribution in [-0.2, 0) is 4.79 Å². The van der Waals surface area contributed by atoms with Crippen molar-refractivity contribution in [2.45, 2.75) is 31.5 Å². The van der Waals surface area contributed by atoms with E-state index in [0.29, 0.717) is 5.16 Å². The van der Waals surface area contributed by atoms with Gasteiger partial charge in [-0.05, 0) is 48.0 Å². The Balaban J connectivity index is 1.92. The van der Waals surface area contributed by atoms with Crippen LogP contribution in [0.1, 0.15) is 20.3 Å². The van der Waals surface area contributed by atoms with Gasteiger partial charge in [-0.2, -0.15) is 4.68 Å². The summed E-state index contributed by atoms with van der Waals surface area (Å²) in [5, 5.41) is 16.8. The fraction of sp³-hybridized carbons (Fsp3) is 0.400. The van der Waals surface area contributed by atoms with Crippen molar-refractivity contribution >= 4 is 23.7 Å². The van der Waals surface area contributed by atoms with Crippen LogP contribution in [0.2, 0.25) is 0 Å². The predicted molar refractivity (Wildman–Crippen MR) is 92.9 cm³/mol. The first-order chi connectivity index (χ1) is 12.0. The first kappa shape index (κ1) is 18.7. The Kier molecular flexibility index (Phi) is 6.75. The lowest BCUT2D eigenvalue weighted by molar-refractivity contribution is -0.117. The molecule has 25 heavy (non-hydrogen) atoms. The topological polar surface area (TPSA) is 111 Å². The van der Waals surface area contributed by atoms with E-state index < -0.39 is 11.9 Å². The maximum atomic E-state index is 11.9. The zero-order valence-corrected chi connectivity index (χ0v) is 15.0. The Morgan fingerprint density at radius 3 is 2.68 bits per heavy atom. The summed E-state index contributed by atoms with van der Waals surface area (Å²) < 4.78 is 6.62. The number of amides is 3. The number of rotatable bonds is 7. The molecule has 10 heteroatoms. The summed E-state index contributed by atoms with van der Waals surface area (Å²) >= 11 is 1.14. The number of thioether (sulfide) groups is 1. The van der Waals surface area contributed by atoms with E-state index in [1.165, 1.54) is 4.68 Å². The van der Waals surface area contributed by atoms with Gasteiger partial charge in [-0.25, -0.2) is 4.79 Å². The SMILES string of the molecule is CC[C@H](C)NC(=O)NC(=O)CSc1nnnn1-c1ccc(OC)cc1. The van der Waals surface area contributed by atoms with Gasteiger partial charge < -0.3 is 10.1 Å². The van der Waals surface area contributed by atoms with Crippen LogP contribution < -0.4 is 15.4 Å². The number of nitrogens with zero attached hydrogens (tertiary/aromatic N) is 4. The van der Waals surface area contributed by atoms with Crippen LogP contribution >= 0.6 is 11.8 Å². The molecule has 9 nitrogen and oxygen atoms in total. The second-order valence-corrected chi connectivity index (χ2v) is 6.13. The van der Waals surface area contributed by atoms with E-state index in [2.05, 4.69) is 26.2 Å². The highest BCUT2D eigenvalue weighted by Gasteiger charge is 2.14. The van der Waals surface area contributed by atoms with Gasteiger partial charge in [-0.15, -0.1) is 5.10 Å². The van der Waals surface area contributed by atoms with Gasteiger partial charge >= 0.3 is 6.03 Å².